The molecule has 2 heterocycles. The maximum Gasteiger partial charge on any atom is 0.134 e. The van der Waals surface area contributed by atoms with Crippen molar-refractivity contribution in [2.45, 2.75) is 52.5 Å². The standard InChI is InChI=1S/C14H24N4/c1-5-8-15-12-10-13(17-11(2)16-12)18-9-6-7-14(18,3)4/h10H,5-9H2,1-4H3,(H,15,16,17). The van der Waals surface area contributed by atoms with E-state index in [4.69, 9.17) is 0 Å². The molecule has 0 spiro atoms. The Morgan fingerprint density at radius 1 is 1.39 bits per heavy atom. The Hall–Kier alpha value is -1.32. The molecule has 0 atom stereocenters. The van der Waals surface area contributed by atoms with Crippen LogP contribution in [0.2, 0.25) is 0 Å². The lowest BCUT2D eigenvalue weighted by molar-refractivity contribution is 0.514. The fourth-order valence-corrected chi connectivity index (χ4v) is 2.57. The Morgan fingerprint density at radius 3 is 2.78 bits per heavy atom. The highest BCUT2D eigenvalue weighted by Crippen LogP contribution is 2.33. The zero-order chi connectivity index (χ0) is 13.2. The lowest BCUT2D eigenvalue weighted by Gasteiger charge is -2.32. The van der Waals surface area contributed by atoms with Crippen molar-refractivity contribution >= 4 is 11.6 Å². The van der Waals surface area contributed by atoms with Crippen molar-refractivity contribution in [3.05, 3.63) is 11.9 Å². The van der Waals surface area contributed by atoms with Crippen LogP contribution < -0.4 is 10.2 Å². The van der Waals surface area contributed by atoms with E-state index in [0.717, 1.165) is 37.0 Å². The molecule has 0 unspecified atom stereocenters. The third-order valence-corrected chi connectivity index (χ3v) is 3.56. The van der Waals surface area contributed by atoms with Crippen molar-refractivity contribution in [1.82, 2.24) is 9.97 Å². The SMILES string of the molecule is CCCNc1cc(N2CCCC2(C)C)nc(C)n1. The van der Waals surface area contributed by atoms with Gasteiger partial charge in [-0.15, -0.1) is 0 Å². The minimum absolute atomic E-state index is 0.211. The zero-order valence-corrected chi connectivity index (χ0v) is 12.0. The quantitative estimate of drug-likeness (QED) is 0.889. The fraction of sp³-hybridized carbons (Fsp3) is 0.714. The molecule has 4 heteroatoms. The number of hydrogen-bond acceptors (Lipinski definition) is 4. The summed E-state index contributed by atoms with van der Waals surface area (Å²) in [5, 5.41) is 3.35. The second kappa shape index (κ2) is 5.12. The summed E-state index contributed by atoms with van der Waals surface area (Å²) in [7, 11) is 0. The van der Waals surface area contributed by atoms with Gasteiger partial charge in [0.1, 0.15) is 17.5 Å². The van der Waals surface area contributed by atoms with E-state index in [-0.39, 0.29) is 5.54 Å². The van der Waals surface area contributed by atoms with Crippen LogP contribution in [0.1, 0.15) is 45.9 Å². The van der Waals surface area contributed by atoms with Gasteiger partial charge in [0, 0.05) is 24.7 Å². The smallest absolute Gasteiger partial charge is 0.134 e. The van der Waals surface area contributed by atoms with Crippen molar-refractivity contribution < 1.29 is 0 Å². The molecule has 1 saturated heterocycles. The molecular weight excluding hydrogens is 224 g/mol. The Balaban J connectivity index is 2.24. The first-order valence-corrected chi connectivity index (χ1v) is 6.90. The molecule has 0 saturated carbocycles. The number of nitrogens with one attached hydrogen (secondary N) is 1. The van der Waals surface area contributed by atoms with Crippen LogP contribution >= 0.6 is 0 Å². The summed E-state index contributed by atoms with van der Waals surface area (Å²) >= 11 is 0. The average Bonchev–Trinajstić information content (AvgIpc) is 2.65. The van der Waals surface area contributed by atoms with Gasteiger partial charge in [-0.1, -0.05) is 6.92 Å². The fourth-order valence-electron chi connectivity index (χ4n) is 2.57. The van der Waals surface area contributed by atoms with E-state index in [0.29, 0.717) is 0 Å². The third kappa shape index (κ3) is 2.74. The normalized spacial score (nSPS) is 18.1. The number of nitrogens with zero attached hydrogens (tertiary/aromatic N) is 3. The molecule has 0 radical (unpaired) electrons. The Kier molecular flexibility index (Phi) is 3.73. The summed E-state index contributed by atoms with van der Waals surface area (Å²) in [5.74, 6) is 2.85. The molecule has 1 aliphatic heterocycles. The van der Waals surface area contributed by atoms with Gasteiger partial charge < -0.3 is 10.2 Å². The largest absolute Gasteiger partial charge is 0.370 e. The first kappa shape index (κ1) is 13.1. The average molecular weight is 248 g/mol. The molecule has 0 bridgehead atoms. The van der Waals surface area contributed by atoms with Crippen molar-refractivity contribution in [2.75, 3.05) is 23.3 Å². The molecule has 1 N–H and O–H groups in total. The Morgan fingerprint density at radius 2 is 2.17 bits per heavy atom. The van der Waals surface area contributed by atoms with Crippen LogP contribution in [0.4, 0.5) is 11.6 Å². The summed E-state index contributed by atoms with van der Waals surface area (Å²) in [5.41, 5.74) is 0.211. The molecule has 1 aromatic rings. The highest BCUT2D eigenvalue weighted by molar-refractivity contribution is 5.51. The molecule has 4 nitrogen and oxygen atoms in total. The summed E-state index contributed by atoms with van der Waals surface area (Å²) in [6.07, 6.45) is 3.58. The van der Waals surface area contributed by atoms with Crippen LogP contribution in [0.25, 0.3) is 0 Å². The van der Waals surface area contributed by atoms with Crippen LogP contribution in [-0.2, 0) is 0 Å². The molecule has 100 valence electrons. The van der Waals surface area contributed by atoms with Crippen molar-refractivity contribution in [3.63, 3.8) is 0 Å². The van der Waals surface area contributed by atoms with E-state index in [1.54, 1.807) is 0 Å². The van der Waals surface area contributed by atoms with Gasteiger partial charge in [-0.2, -0.15) is 0 Å². The number of anilines is 2. The molecule has 1 aliphatic rings. The third-order valence-electron chi connectivity index (χ3n) is 3.56. The van der Waals surface area contributed by atoms with Gasteiger partial charge in [-0.05, 0) is 40.0 Å². The van der Waals surface area contributed by atoms with Crippen LogP contribution in [0.5, 0.6) is 0 Å². The van der Waals surface area contributed by atoms with E-state index in [1.165, 1.54) is 12.8 Å². The minimum Gasteiger partial charge on any atom is -0.370 e. The van der Waals surface area contributed by atoms with Gasteiger partial charge in [0.2, 0.25) is 0 Å². The first-order chi connectivity index (χ1) is 8.53. The van der Waals surface area contributed by atoms with Crippen molar-refractivity contribution in [2.24, 2.45) is 0 Å². The first-order valence-electron chi connectivity index (χ1n) is 6.90. The molecule has 0 aliphatic carbocycles. The highest BCUT2D eigenvalue weighted by atomic mass is 15.3. The van der Waals surface area contributed by atoms with Crippen molar-refractivity contribution in [1.29, 1.82) is 0 Å². The van der Waals surface area contributed by atoms with Gasteiger partial charge >= 0.3 is 0 Å². The van der Waals surface area contributed by atoms with Gasteiger partial charge in [0.25, 0.3) is 0 Å². The van der Waals surface area contributed by atoms with Crippen LogP contribution in [0.15, 0.2) is 6.07 Å². The summed E-state index contributed by atoms with van der Waals surface area (Å²) < 4.78 is 0. The van der Waals surface area contributed by atoms with Gasteiger partial charge in [-0.3, -0.25) is 0 Å². The zero-order valence-electron chi connectivity index (χ0n) is 12.0. The second-order valence-corrected chi connectivity index (χ2v) is 5.65. The molecule has 0 aromatic carbocycles. The lowest BCUT2D eigenvalue weighted by Crippen LogP contribution is -2.38. The predicted octanol–water partition coefficient (Wildman–Crippen LogP) is 2.99. The molecule has 18 heavy (non-hydrogen) atoms. The van der Waals surface area contributed by atoms with E-state index in [2.05, 4.69) is 47.0 Å². The van der Waals surface area contributed by atoms with Gasteiger partial charge in [0.15, 0.2) is 0 Å². The molecule has 1 aromatic heterocycles. The van der Waals surface area contributed by atoms with Crippen LogP contribution in [0, 0.1) is 6.92 Å². The summed E-state index contributed by atoms with van der Waals surface area (Å²) in [4.78, 5) is 11.4. The molecule has 2 rings (SSSR count). The predicted molar refractivity (Wildman–Crippen MR) is 76.2 cm³/mol. The number of rotatable bonds is 4. The molecular formula is C14H24N4. The van der Waals surface area contributed by atoms with E-state index in [1.807, 2.05) is 6.92 Å². The van der Waals surface area contributed by atoms with Crippen molar-refractivity contribution in [3.8, 4) is 0 Å². The van der Waals surface area contributed by atoms with Gasteiger partial charge in [-0.25, -0.2) is 9.97 Å². The van der Waals surface area contributed by atoms with E-state index in [9.17, 15) is 0 Å². The van der Waals surface area contributed by atoms with Crippen LogP contribution in [-0.4, -0.2) is 28.6 Å². The Labute approximate surface area is 110 Å². The summed E-state index contributed by atoms with van der Waals surface area (Å²) in [6.45, 7) is 10.7. The lowest BCUT2D eigenvalue weighted by atomic mass is 10.0. The molecule has 0 amide bonds. The van der Waals surface area contributed by atoms with Gasteiger partial charge in [0.05, 0.1) is 0 Å². The molecule has 1 fully saturated rings. The summed E-state index contributed by atoms with van der Waals surface area (Å²) in [6, 6.07) is 2.08. The highest BCUT2D eigenvalue weighted by Gasteiger charge is 2.33. The topological polar surface area (TPSA) is 41.0 Å². The maximum absolute atomic E-state index is 4.59. The monoisotopic (exact) mass is 248 g/mol. The second-order valence-electron chi connectivity index (χ2n) is 5.65. The van der Waals surface area contributed by atoms with E-state index < -0.39 is 0 Å². The number of hydrogen-bond donors (Lipinski definition) is 1. The maximum atomic E-state index is 4.59. The number of aryl methyl sites for hydroxylation is 1. The van der Waals surface area contributed by atoms with Crippen LogP contribution in [0.3, 0.4) is 0 Å². The van der Waals surface area contributed by atoms with E-state index >= 15 is 0 Å². The Bertz CT molecular complexity index is 414. The number of aromatic nitrogens is 2. The minimum atomic E-state index is 0.211.